The van der Waals surface area contributed by atoms with Crippen molar-refractivity contribution in [1.29, 1.82) is 0 Å². The number of hydrogen-bond acceptors (Lipinski definition) is 3. The zero-order chi connectivity index (χ0) is 19.0. The van der Waals surface area contributed by atoms with Crippen LogP contribution in [0.25, 0.3) is 16.9 Å². The van der Waals surface area contributed by atoms with Crippen LogP contribution < -0.4 is 0 Å². The summed E-state index contributed by atoms with van der Waals surface area (Å²) in [7, 11) is 0. The van der Waals surface area contributed by atoms with Crippen molar-refractivity contribution < 1.29 is 0 Å². The number of azo groups is 1. The van der Waals surface area contributed by atoms with Crippen molar-refractivity contribution in [1.82, 2.24) is 9.38 Å². The molecule has 0 unspecified atom stereocenters. The smallest absolute Gasteiger partial charge is 0.187 e. The van der Waals surface area contributed by atoms with E-state index in [0.29, 0.717) is 0 Å². The van der Waals surface area contributed by atoms with Crippen LogP contribution in [0.2, 0.25) is 0 Å². The largest absolute Gasteiger partial charge is 0.283 e. The van der Waals surface area contributed by atoms with Gasteiger partial charge in [0.05, 0.1) is 5.69 Å². The topological polar surface area (TPSA) is 42.0 Å². The van der Waals surface area contributed by atoms with E-state index in [9.17, 15) is 0 Å². The molecule has 4 aromatic rings. The summed E-state index contributed by atoms with van der Waals surface area (Å²) >= 11 is 0. The highest BCUT2D eigenvalue weighted by Gasteiger charge is 2.16. The highest BCUT2D eigenvalue weighted by molar-refractivity contribution is 5.77. The van der Waals surface area contributed by atoms with Crippen LogP contribution in [-0.2, 0) is 0 Å². The molecule has 4 nitrogen and oxygen atoms in total. The summed E-state index contributed by atoms with van der Waals surface area (Å²) in [6.45, 7) is 8.31. The normalized spacial score (nSPS) is 11.6. The van der Waals surface area contributed by atoms with Gasteiger partial charge in [0.2, 0.25) is 0 Å². The molecule has 0 radical (unpaired) electrons. The summed E-state index contributed by atoms with van der Waals surface area (Å²) in [5.74, 6) is 0.752. The average molecular weight is 354 g/mol. The van der Waals surface area contributed by atoms with Gasteiger partial charge in [-0.1, -0.05) is 35.9 Å². The van der Waals surface area contributed by atoms with Gasteiger partial charge >= 0.3 is 0 Å². The van der Waals surface area contributed by atoms with Gasteiger partial charge in [-0.2, -0.15) is 0 Å². The van der Waals surface area contributed by atoms with Crippen molar-refractivity contribution in [2.75, 3.05) is 0 Å². The van der Waals surface area contributed by atoms with Crippen LogP contribution in [0, 0.1) is 27.7 Å². The quantitative estimate of drug-likeness (QED) is 0.380. The summed E-state index contributed by atoms with van der Waals surface area (Å²) in [4.78, 5) is 4.89. The van der Waals surface area contributed by atoms with Crippen LogP contribution in [0.3, 0.4) is 0 Å². The molecule has 0 aliphatic carbocycles. The van der Waals surface area contributed by atoms with E-state index in [-0.39, 0.29) is 0 Å². The Morgan fingerprint density at radius 2 is 1.56 bits per heavy atom. The number of nitrogens with zero attached hydrogens (tertiary/aromatic N) is 4. The third-order valence-electron chi connectivity index (χ3n) is 4.77. The van der Waals surface area contributed by atoms with E-state index in [2.05, 4.69) is 61.3 Å². The highest BCUT2D eigenvalue weighted by Crippen LogP contribution is 2.35. The maximum atomic E-state index is 4.89. The molecule has 27 heavy (non-hydrogen) atoms. The molecule has 4 heteroatoms. The lowest BCUT2D eigenvalue weighted by molar-refractivity contribution is 1.09. The first kappa shape index (κ1) is 17.2. The number of pyridine rings is 1. The second-order valence-electron chi connectivity index (χ2n) is 7.02. The number of benzene rings is 2. The molecular weight excluding hydrogens is 332 g/mol. The van der Waals surface area contributed by atoms with Gasteiger partial charge in [0.25, 0.3) is 0 Å². The minimum Gasteiger partial charge on any atom is -0.283 e. The highest BCUT2D eigenvalue weighted by atomic mass is 15.2. The summed E-state index contributed by atoms with van der Waals surface area (Å²) in [6.07, 6.45) is 2.01. The number of aromatic nitrogens is 2. The number of imidazole rings is 1. The molecule has 0 saturated heterocycles. The molecular formula is C23H22N4. The van der Waals surface area contributed by atoms with E-state index in [0.717, 1.165) is 34.0 Å². The molecule has 0 fully saturated rings. The Balaban J connectivity index is 1.95. The monoisotopic (exact) mass is 354 g/mol. The summed E-state index contributed by atoms with van der Waals surface area (Å²) in [5.41, 5.74) is 8.34. The molecule has 0 atom stereocenters. The van der Waals surface area contributed by atoms with E-state index >= 15 is 0 Å². The Kier molecular flexibility index (Phi) is 4.32. The van der Waals surface area contributed by atoms with E-state index < -0.39 is 0 Å². The molecule has 0 aliphatic heterocycles. The second kappa shape index (κ2) is 6.80. The predicted molar refractivity (Wildman–Crippen MR) is 110 cm³/mol. The zero-order valence-electron chi connectivity index (χ0n) is 16.1. The lowest BCUT2D eigenvalue weighted by Crippen LogP contribution is -1.86. The molecule has 0 amide bonds. The first-order valence-corrected chi connectivity index (χ1v) is 9.06. The maximum absolute atomic E-state index is 4.89. The van der Waals surface area contributed by atoms with Gasteiger partial charge in [0.15, 0.2) is 5.82 Å². The standard InChI is InChI=1S/C23H22N4/c1-15-9-10-17(3)19(13-15)22-23(26-25-20-8-6-5-7-18(20)4)27-12-11-16(2)14-21(27)24-22/h5-14H,1-4H3. The van der Waals surface area contributed by atoms with Crippen molar-refractivity contribution in [2.24, 2.45) is 10.2 Å². The molecule has 0 N–H and O–H groups in total. The Bertz CT molecular complexity index is 1170. The van der Waals surface area contributed by atoms with Crippen LogP contribution in [0.15, 0.2) is 71.0 Å². The minimum absolute atomic E-state index is 0.752. The van der Waals surface area contributed by atoms with E-state index in [1.807, 2.05) is 41.8 Å². The van der Waals surface area contributed by atoms with Crippen LogP contribution in [-0.4, -0.2) is 9.38 Å². The Morgan fingerprint density at radius 1 is 0.778 bits per heavy atom. The molecule has 0 spiro atoms. The van der Waals surface area contributed by atoms with Crippen molar-refractivity contribution >= 4 is 17.2 Å². The fourth-order valence-corrected chi connectivity index (χ4v) is 3.18. The minimum atomic E-state index is 0.752. The molecule has 134 valence electrons. The maximum Gasteiger partial charge on any atom is 0.187 e. The Hall–Kier alpha value is -3.27. The van der Waals surface area contributed by atoms with Gasteiger partial charge in [-0.15, -0.1) is 10.2 Å². The van der Waals surface area contributed by atoms with Gasteiger partial charge in [0, 0.05) is 11.8 Å². The average Bonchev–Trinajstić information content (AvgIpc) is 3.00. The molecule has 2 aromatic heterocycles. The zero-order valence-corrected chi connectivity index (χ0v) is 16.1. The summed E-state index contributed by atoms with van der Waals surface area (Å²) in [5, 5.41) is 9.15. The fraction of sp³-hybridized carbons (Fsp3) is 0.174. The van der Waals surface area contributed by atoms with Gasteiger partial charge in [-0.25, -0.2) is 4.98 Å². The van der Waals surface area contributed by atoms with Gasteiger partial charge in [-0.05, 0) is 68.7 Å². The molecule has 2 aromatic carbocycles. The van der Waals surface area contributed by atoms with Gasteiger partial charge in [-0.3, -0.25) is 4.40 Å². The van der Waals surface area contributed by atoms with Crippen LogP contribution >= 0.6 is 0 Å². The Morgan fingerprint density at radius 3 is 2.37 bits per heavy atom. The lowest BCUT2D eigenvalue weighted by atomic mass is 10.0. The number of rotatable bonds is 3. The third kappa shape index (κ3) is 3.26. The third-order valence-corrected chi connectivity index (χ3v) is 4.77. The summed E-state index contributed by atoms with van der Waals surface area (Å²) < 4.78 is 2.01. The van der Waals surface area contributed by atoms with E-state index in [1.165, 1.54) is 16.7 Å². The van der Waals surface area contributed by atoms with Crippen molar-refractivity contribution in [3.05, 3.63) is 83.0 Å². The van der Waals surface area contributed by atoms with E-state index in [4.69, 9.17) is 4.98 Å². The van der Waals surface area contributed by atoms with Crippen LogP contribution in [0.5, 0.6) is 0 Å². The number of fused-ring (bicyclic) bond motifs is 1. The molecule has 2 heterocycles. The first-order valence-electron chi connectivity index (χ1n) is 9.06. The van der Waals surface area contributed by atoms with Crippen molar-refractivity contribution in [3.63, 3.8) is 0 Å². The number of hydrogen-bond donors (Lipinski definition) is 0. The molecule has 4 rings (SSSR count). The molecule has 0 saturated carbocycles. The summed E-state index contributed by atoms with van der Waals surface area (Å²) in [6, 6.07) is 18.5. The van der Waals surface area contributed by atoms with Gasteiger partial charge < -0.3 is 0 Å². The Labute approximate surface area is 159 Å². The molecule has 0 bridgehead atoms. The van der Waals surface area contributed by atoms with Crippen molar-refractivity contribution in [3.8, 4) is 11.3 Å². The SMILES string of the molecule is Cc1ccc(C)c(-c2nc3cc(C)ccn3c2N=Nc2ccccc2C)c1. The predicted octanol–water partition coefficient (Wildman–Crippen LogP) is 6.65. The molecule has 0 aliphatic rings. The first-order chi connectivity index (χ1) is 13.0. The van der Waals surface area contributed by atoms with Crippen molar-refractivity contribution in [2.45, 2.75) is 27.7 Å². The second-order valence-corrected chi connectivity index (χ2v) is 7.02. The van der Waals surface area contributed by atoms with Crippen LogP contribution in [0.1, 0.15) is 22.3 Å². The number of aryl methyl sites for hydroxylation is 4. The fourth-order valence-electron chi connectivity index (χ4n) is 3.18. The van der Waals surface area contributed by atoms with E-state index in [1.54, 1.807) is 0 Å². The lowest BCUT2D eigenvalue weighted by Gasteiger charge is -2.05. The van der Waals surface area contributed by atoms with Crippen LogP contribution in [0.4, 0.5) is 11.5 Å². The van der Waals surface area contributed by atoms with Gasteiger partial charge in [0.1, 0.15) is 11.3 Å².